The fraction of sp³-hybridized carbons (Fsp3) is 1.00. The second-order valence-corrected chi connectivity index (χ2v) is 4.26. The molecule has 1 rings (SSSR count). The second kappa shape index (κ2) is 5.82. The summed E-state index contributed by atoms with van der Waals surface area (Å²) in [6, 6.07) is 1.38. The van der Waals surface area contributed by atoms with Gasteiger partial charge in [-0.1, -0.05) is 19.3 Å². The summed E-state index contributed by atoms with van der Waals surface area (Å²) >= 11 is 5.67. The Morgan fingerprint density at radius 2 is 2.00 bits per heavy atom. The van der Waals surface area contributed by atoms with E-state index in [2.05, 4.69) is 12.2 Å². The largest absolute Gasteiger partial charge is 0.311 e. The van der Waals surface area contributed by atoms with E-state index in [-0.39, 0.29) is 0 Å². The molecule has 0 spiro atoms. The highest BCUT2D eigenvalue weighted by Crippen LogP contribution is 2.18. The molecule has 0 heterocycles. The van der Waals surface area contributed by atoms with E-state index in [0.29, 0.717) is 6.04 Å². The molecule has 1 unspecified atom stereocenters. The van der Waals surface area contributed by atoms with Crippen LogP contribution < -0.4 is 5.32 Å². The van der Waals surface area contributed by atoms with Crippen LogP contribution in [0, 0.1) is 0 Å². The Balaban J connectivity index is 2.11. The molecule has 0 aromatic carbocycles. The summed E-state index contributed by atoms with van der Waals surface area (Å²) in [5.74, 6) is 0.779. The average molecular weight is 190 g/mol. The molecule has 1 saturated carbocycles. The normalized spacial score (nSPS) is 22.5. The molecule has 0 saturated heterocycles. The van der Waals surface area contributed by atoms with Crippen LogP contribution in [0.2, 0.25) is 0 Å². The van der Waals surface area contributed by atoms with Gasteiger partial charge in [0.25, 0.3) is 0 Å². The monoisotopic (exact) mass is 189 g/mol. The van der Waals surface area contributed by atoms with Gasteiger partial charge in [0.2, 0.25) is 0 Å². The molecule has 0 amide bonds. The lowest BCUT2D eigenvalue weighted by Gasteiger charge is -2.26. The highest BCUT2D eigenvalue weighted by molar-refractivity contribution is 6.17. The summed E-state index contributed by atoms with van der Waals surface area (Å²) < 4.78 is 0. The maximum absolute atomic E-state index is 5.67. The predicted octanol–water partition coefficient (Wildman–Crippen LogP) is 2.93. The van der Waals surface area contributed by atoms with Gasteiger partial charge in [0, 0.05) is 18.0 Å². The van der Waals surface area contributed by atoms with Gasteiger partial charge < -0.3 is 5.32 Å². The van der Waals surface area contributed by atoms with Crippen LogP contribution in [0.3, 0.4) is 0 Å². The summed E-state index contributed by atoms with van der Waals surface area (Å²) in [6.07, 6.45) is 8.08. The smallest absolute Gasteiger partial charge is 0.0238 e. The summed E-state index contributed by atoms with van der Waals surface area (Å²) in [5, 5.41) is 3.64. The van der Waals surface area contributed by atoms with Gasteiger partial charge in [0.1, 0.15) is 0 Å². The molecule has 0 aromatic heterocycles. The van der Waals surface area contributed by atoms with E-state index in [1.54, 1.807) is 0 Å². The standard InChI is InChI=1S/C10H20ClN/c1-9(7-8-11)12-10-5-3-2-4-6-10/h9-10,12H,2-8H2,1H3. The van der Waals surface area contributed by atoms with Crippen LogP contribution in [0.15, 0.2) is 0 Å². The number of hydrogen-bond donors (Lipinski definition) is 1. The molecule has 72 valence electrons. The Labute approximate surface area is 80.9 Å². The molecule has 0 radical (unpaired) electrons. The van der Waals surface area contributed by atoms with Gasteiger partial charge in [-0.2, -0.15) is 0 Å². The summed E-state index contributed by atoms with van der Waals surface area (Å²) in [7, 11) is 0. The fourth-order valence-corrected chi connectivity index (χ4v) is 2.25. The molecule has 1 aliphatic rings. The predicted molar refractivity (Wildman–Crippen MR) is 54.8 cm³/mol. The molecule has 1 N–H and O–H groups in total. The third-order valence-electron chi connectivity index (χ3n) is 2.67. The van der Waals surface area contributed by atoms with E-state index in [4.69, 9.17) is 11.6 Å². The van der Waals surface area contributed by atoms with Crippen molar-refractivity contribution in [2.45, 2.75) is 57.5 Å². The van der Waals surface area contributed by atoms with Crippen LogP contribution in [-0.2, 0) is 0 Å². The van der Waals surface area contributed by atoms with Crippen molar-refractivity contribution in [3.05, 3.63) is 0 Å². The third-order valence-corrected chi connectivity index (χ3v) is 2.89. The van der Waals surface area contributed by atoms with E-state index in [9.17, 15) is 0 Å². The van der Waals surface area contributed by atoms with Gasteiger partial charge in [-0.3, -0.25) is 0 Å². The maximum Gasteiger partial charge on any atom is 0.0238 e. The molecule has 0 bridgehead atoms. The van der Waals surface area contributed by atoms with E-state index in [1.165, 1.54) is 32.1 Å². The van der Waals surface area contributed by atoms with Crippen LogP contribution in [0.25, 0.3) is 0 Å². The average Bonchev–Trinajstić information content (AvgIpc) is 2.06. The zero-order chi connectivity index (χ0) is 8.81. The van der Waals surface area contributed by atoms with Crippen molar-refractivity contribution in [1.29, 1.82) is 0 Å². The molecule has 2 heteroatoms. The Bertz CT molecular complexity index is 110. The van der Waals surface area contributed by atoms with Gasteiger partial charge in [0.15, 0.2) is 0 Å². The van der Waals surface area contributed by atoms with Crippen LogP contribution >= 0.6 is 11.6 Å². The number of rotatable bonds is 4. The highest BCUT2D eigenvalue weighted by atomic mass is 35.5. The van der Waals surface area contributed by atoms with Crippen LogP contribution in [-0.4, -0.2) is 18.0 Å². The zero-order valence-corrected chi connectivity index (χ0v) is 8.74. The summed E-state index contributed by atoms with van der Waals surface area (Å²) in [4.78, 5) is 0. The van der Waals surface area contributed by atoms with Crippen LogP contribution in [0.4, 0.5) is 0 Å². The Morgan fingerprint density at radius 1 is 1.33 bits per heavy atom. The summed E-state index contributed by atoms with van der Waals surface area (Å²) in [6.45, 7) is 2.23. The van der Waals surface area contributed by atoms with Crippen molar-refractivity contribution in [3.63, 3.8) is 0 Å². The lowest BCUT2D eigenvalue weighted by Crippen LogP contribution is -2.37. The number of nitrogens with one attached hydrogen (secondary N) is 1. The highest BCUT2D eigenvalue weighted by Gasteiger charge is 2.14. The Hall–Kier alpha value is 0.250. The van der Waals surface area contributed by atoms with Crippen molar-refractivity contribution in [1.82, 2.24) is 5.32 Å². The molecule has 1 atom stereocenters. The molecule has 12 heavy (non-hydrogen) atoms. The minimum absolute atomic E-state index is 0.602. The van der Waals surface area contributed by atoms with E-state index in [0.717, 1.165) is 18.3 Å². The zero-order valence-electron chi connectivity index (χ0n) is 7.98. The number of alkyl halides is 1. The topological polar surface area (TPSA) is 12.0 Å². The van der Waals surface area contributed by atoms with E-state index >= 15 is 0 Å². The quantitative estimate of drug-likeness (QED) is 0.671. The number of hydrogen-bond acceptors (Lipinski definition) is 1. The van der Waals surface area contributed by atoms with Crippen LogP contribution in [0.1, 0.15) is 45.4 Å². The number of halogens is 1. The first-order valence-corrected chi connectivity index (χ1v) is 5.68. The maximum atomic E-state index is 5.67. The van der Waals surface area contributed by atoms with Crippen molar-refractivity contribution in [2.75, 3.05) is 5.88 Å². The first-order chi connectivity index (χ1) is 5.83. The third kappa shape index (κ3) is 3.77. The molecule has 0 aromatic rings. The fourth-order valence-electron chi connectivity index (χ4n) is 1.92. The molecular weight excluding hydrogens is 170 g/mol. The first-order valence-electron chi connectivity index (χ1n) is 5.15. The van der Waals surface area contributed by atoms with Gasteiger partial charge in [0.05, 0.1) is 0 Å². The SMILES string of the molecule is CC(CCCl)NC1CCCCC1. The lowest BCUT2D eigenvalue weighted by atomic mass is 9.95. The van der Waals surface area contributed by atoms with Gasteiger partial charge in [-0.25, -0.2) is 0 Å². The Kier molecular flexibility index (Phi) is 5.01. The molecule has 1 fully saturated rings. The molecular formula is C10H20ClN. The lowest BCUT2D eigenvalue weighted by molar-refractivity contribution is 0.341. The van der Waals surface area contributed by atoms with Crippen molar-refractivity contribution >= 4 is 11.6 Å². The minimum Gasteiger partial charge on any atom is -0.311 e. The molecule has 1 aliphatic carbocycles. The van der Waals surface area contributed by atoms with Gasteiger partial charge in [-0.05, 0) is 26.2 Å². The van der Waals surface area contributed by atoms with Crippen molar-refractivity contribution in [3.8, 4) is 0 Å². The van der Waals surface area contributed by atoms with Gasteiger partial charge >= 0.3 is 0 Å². The van der Waals surface area contributed by atoms with E-state index in [1.807, 2.05) is 0 Å². The molecule has 0 aliphatic heterocycles. The summed E-state index contributed by atoms with van der Waals surface area (Å²) in [5.41, 5.74) is 0. The molecule has 1 nitrogen and oxygen atoms in total. The van der Waals surface area contributed by atoms with Crippen molar-refractivity contribution < 1.29 is 0 Å². The van der Waals surface area contributed by atoms with Crippen molar-refractivity contribution in [2.24, 2.45) is 0 Å². The van der Waals surface area contributed by atoms with Crippen LogP contribution in [0.5, 0.6) is 0 Å². The van der Waals surface area contributed by atoms with E-state index < -0.39 is 0 Å². The first kappa shape index (κ1) is 10.3. The second-order valence-electron chi connectivity index (χ2n) is 3.88. The Morgan fingerprint density at radius 3 is 2.58 bits per heavy atom. The van der Waals surface area contributed by atoms with Gasteiger partial charge in [-0.15, -0.1) is 11.6 Å². The minimum atomic E-state index is 0.602.